The van der Waals surface area contributed by atoms with E-state index in [-0.39, 0.29) is 17.9 Å². The minimum Gasteiger partial charge on any atom is -0.379 e. The number of morpholine rings is 1. The van der Waals surface area contributed by atoms with Crippen LogP contribution in [-0.2, 0) is 16.0 Å². The predicted octanol–water partition coefficient (Wildman–Crippen LogP) is 3.26. The number of nitrogens with zero attached hydrogens (tertiary/aromatic N) is 5. The maximum Gasteiger partial charge on any atom is 0.268 e. The molecule has 0 atom stereocenters. The molecule has 37 heavy (non-hydrogen) atoms. The number of ether oxygens (including phenoxy) is 1. The number of amides is 1. The molecule has 0 saturated carbocycles. The van der Waals surface area contributed by atoms with Crippen LogP contribution in [0.1, 0.15) is 23.5 Å². The summed E-state index contributed by atoms with van der Waals surface area (Å²) >= 11 is 7.39. The van der Waals surface area contributed by atoms with Crippen molar-refractivity contribution in [3.05, 3.63) is 68.2 Å². The predicted molar refractivity (Wildman–Crippen MR) is 145 cm³/mol. The third-order valence-corrected chi connectivity index (χ3v) is 7.58. The second-order valence-electron chi connectivity index (χ2n) is 9.12. The van der Waals surface area contributed by atoms with Gasteiger partial charge < -0.3 is 10.1 Å². The van der Waals surface area contributed by atoms with Crippen LogP contribution in [0.3, 0.4) is 0 Å². The SMILES string of the molecule is Cc1nc2scc(CC(=O)NCCCN3CCOCC3)n2c(=O)c1-c1cc(C)n(-c2ccc(Cl)cc2)n1. The van der Waals surface area contributed by atoms with Gasteiger partial charge in [0.2, 0.25) is 5.91 Å². The zero-order valence-corrected chi connectivity index (χ0v) is 22.4. The molecule has 11 heteroatoms. The van der Waals surface area contributed by atoms with Crippen LogP contribution in [-0.4, -0.2) is 69.4 Å². The van der Waals surface area contributed by atoms with E-state index in [0.717, 1.165) is 50.7 Å². The van der Waals surface area contributed by atoms with E-state index in [1.54, 1.807) is 16.8 Å². The summed E-state index contributed by atoms with van der Waals surface area (Å²) in [6, 6.07) is 9.24. The number of fused-ring (bicyclic) bond motifs is 1. The lowest BCUT2D eigenvalue weighted by Crippen LogP contribution is -2.38. The summed E-state index contributed by atoms with van der Waals surface area (Å²) < 4.78 is 8.68. The molecular weight excluding hydrogens is 512 g/mol. The monoisotopic (exact) mass is 540 g/mol. The summed E-state index contributed by atoms with van der Waals surface area (Å²) in [6.07, 6.45) is 0.983. The molecule has 0 aliphatic carbocycles. The summed E-state index contributed by atoms with van der Waals surface area (Å²) in [5.74, 6) is -0.112. The Morgan fingerprint density at radius 2 is 1.95 bits per heavy atom. The topological polar surface area (TPSA) is 93.8 Å². The zero-order chi connectivity index (χ0) is 25.9. The normalized spacial score (nSPS) is 14.4. The lowest BCUT2D eigenvalue weighted by molar-refractivity contribution is -0.120. The molecule has 4 heterocycles. The van der Waals surface area contributed by atoms with E-state index in [0.29, 0.717) is 39.2 Å². The van der Waals surface area contributed by atoms with E-state index in [9.17, 15) is 9.59 Å². The van der Waals surface area contributed by atoms with Crippen molar-refractivity contribution in [1.29, 1.82) is 0 Å². The minimum atomic E-state index is -0.223. The number of benzene rings is 1. The smallest absolute Gasteiger partial charge is 0.268 e. The van der Waals surface area contributed by atoms with Gasteiger partial charge in [0, 0.05) is 41.4 Å². The van der Waals surface area contributed by atoms with Gasteiger partial charge in [0.1, 0.15) is 5.69 Å². The molecule has 5 rings (SSSR count). The van der Waals surface area contributed by atoms with Crippen molar-refractivity contribution in [3.63, 3.8) is 0 Å². The zero-order valence-electron chi connectivity index (χ0n) is 20.9. The van der Waals surface area contributed by atoms with Gasteiger partial charge in [0.05, 0.1) is 36.6 Å². The average Bonchev–Trinajstić information content (AvgIpc) is 3.46. The molecule has 1 fully saturated rings. The molecule has 194 valence electrons. The second-order valence-corrected chi connectivity index (χ2v) is 10.4. The Morgan fingerprint density at radius 1 is 1.19 bits per heavy atom. The van der Waals surface area contributed by atoms with Crippen molar-refractivity contribution < 1.29 is 9.53 Å². The fourth-order valence-corrected chi connectivity index (χ4v) is 5.60. The molecule has 3 aromatic heterocycles. The number of halogens is 1. The Labute approximate surface area is 223 Å². The summed E-state index contributed by atoms with van der Waals surface area (Å²) in [7, 11) is 0. The van der Waals surface area contributed by atoms with E-state index in [2.05, 4.69) is 15.2 Å². The number of hydrogen-bond donors (Lipinski definition) is 1. The van der Waals surface area contributed by atoms with Crippen molar-refractivity contribution in [2.75, 3.05) is 39.4 Å². The first kappa shape index (κ1) is 25.6. The quantitative estimate of drug-likeness (QED) is 0.345. The van der Waals surface area contributed by atoms with E-state index < -0.39 is 0 Å². The molecule has 0 radical (unpaired) electrons. The van der Waals surface area contributed by atoms with E-state index in [4.69, 9.17) is 21.4 Å². The molecule has 4 aromatic rings. The summed E-state index contributed by atoms with van der Waals surface area (Å²) in [5, 5.41) is 10.2. The average molecular weight is 541 g/mol. The van der Waals surface area contributed by atoms with Crippen molar-refractivity contribution in [2.45, 2.75) is 26.7 Å². The standard InChI is InChI=1S/C26H29ClN6O3S/c1-17-14-22(30-33(17)20-6-4-19(27)5-7-20)24-18(2)29-26-32(25(24)35)21(16-37-26)15-23(34)28-8-3-9-31-10-12-36-13-11-31/h4-7,14,16H,3,8-13,15H2,1-2H3,(H,28,34). The molecule has 1 amide bonds. The first-order valence-corrected chi connectivity index (χ1v) is 13.6. The second kappa shape index (κ2) is 11.1. The fourth-order valence-electron chi connectivity index (χ4n) is 4.55. The van der Waals surface area contributed by atoms with Crippen molar-refractivity contribution in [3.8, 4) is 16.9 Å². The van der Waals surface area contributed by atoms with Gasteiger partial charge in [-0.2, -0.15) is 5.10 Å². The van der Waals surface area contributed by atoms with Crippen LogP contribution in [0.4, 0.5) is 0 Å². The van der Waals surface area contributed by atoms with Crippen LogP contribution in [0.25, 0.3) is 21.9 Å². The third kappa shape index (κ3) is 5.62. The Bertz CT molecular complexity index is 1470. The molecule has 1 aliphatic rings. The Balaban J connectivity index is 1.34. The van der Waals surface area contributed by atoms with Crippen LogP contribution in [0.15, 0.2) is 40.5 Å². The Hall–Kier alpha value is -3.05. The minimum absolute atomic E-state index is 0.111. The summed E-state index contributed by atoms with van der Waals surface area (Å²) in [4.78, 5) is 33.9. The Morgan fingerprint density at radius 3 is 2.70 bits per heavy atom. The highest BCUT2D eigenvalue weighted by molar-refractivity contribution is 7.15. The highest BCUT2D eigenvalue weighted by atomic mass is 35.5. The maximum absolute atomic E-state index is 13.7. The van der Waals surface area contributed by atoms with Gasteiger partial charge >= 0.3 is 0 Å². The number of rotatable bonds is 8. The van der Waals surface area contributed by atoms with Gasteiger partial charge in [-0.05, 0) is 57.1 Å². The molecule has 0 unspecified atom stereocenters. The molecule has 1 aliphatic heterocycles. The number of hydrogen-bond acceptors (Lipinski definition) is 7. The van der Waals surface area contributed by atoms with E-state index in [1.807, 2.05) is 37.4 Å². The number of aryl methyl sites for hydroxylation is 2. The maximum atomic E-state index is 13.7. The highest BCUT2D eigenvalue weighted by Crippen LogP contribution is 2.24. The van der Waals surface area contributed by atoms with Gasteiger partial charge in [-0.1, -0.05) is 11.6 Å². The van der Waals surface area contributed by atoms with Crippen molar-refractivity contribution in [2.24, 2.45) is 0 Å². The van der Waals surface area contributed by atoms with Crippen LogP contribution < -0.4 is 10.9 Å². The number of aromatic nitrogens is 4. The van der Waals surface area contributed by atoms with Crippen LogP contribution in [0.5, 0.6) is 0 Å². The van der Waals surface area contributed by atoms with Gasteiger partial charge in [-0.25, -0.2) is 9.67 Å². The van der Waals surface area contributed by atoms with Gasteiger partial charge in [0.15, 0.2) is 4.96 Å². The lowest BCUT2D eigenvalue weighted by Gasteiger charge is -2.26. The number of carbonyl (C=O) groups is 1. The molecule has 1 N–H and O–H groups in total. The van der Waals surface area contributed by atoms with Gasteiger partial charge in [0.25, 0.3) is 5.56 Å². The first-order valence-electron chi connectivity index (χ1n) is 12.3. The Kier molecular flexibility index (Phi) is 7.71. The fraction of sp³-hybridized carbons (Fsp3) is 0.385. The molecule has 9 nitrogen and oxygen atoms in total. The molecule has 0 bridgehead atoms. The van der Waals surface area contributed by atoms with Gasteiger partial charge in [-0.15, -0.1) is 11.3 Å². The van der Waals surface area contributed by atoms with E-state index in [1.165, 1.54) is 15.7 Å². The lowest BCUT2D eigenvalue weighted by atomic mass is 10.1. The van der Waals surface area contributed by atoms with Crippen molar-refractivity contribution >= 4 is 33.8 Å². The van der Waals surface area contributed by atoms with E-state index >= 15 is 0 Å². The van der Waals surface area contributed by atoms with Crippen LogP contribution >= 0.6 is 22.9 Å². The molecule has 0 spiro atoms. The van der Waals surface area contributed by atoms with Crippen molar-refractivity contribution in [1.82, 2.24) is 29.4 Å². The van der Waals surface area contributed by atoms with Gasteiger partial charge in [-0.3, -0.25) is 18.9 Å². The van der Waals surface area contributed by atoms with Crippen LogP contribution in [0.2, 0.25) is 5.02 Å². The first-order chi connectivity index (χ1) is 17.9. The molecule has 1 aromatic carbocycles. The largest absolute Gasteiger partial charge is 0.379 e. The number of carbonyl (C=O) groups excluding carboxylic acids is 1. The highest BCUT2D eigenvalue weighted by Gasteiger charge is 2.20. The van der Waals surface area contributed by atoms with Crippen LogP contribution in [0, 0.1) is 13.8 Å². The number of nitrogens with one attached hydrogen (secondary N) is 1. The summed E-state index contributed by atoms with van der Waals surface area (Å²) in [5.41, 5.74) is 3.70. The molecular formula is C26H29ClN6O3S. The third-order valence-electron chi connectivity index (χ3n) is 6.45. The summed E-state index contributed by atoms with van der Waals surface area (Å²) in [6.45, 7) is 8.67. The number of thiazole rings is 1. The molecule has 1 saturated heterocycles.